The van der Waals surface area contributed by atoms with Crippen molar-refractivity contribution in [1.29, 1.82) is 0 Å². The second-order valence-electron chi connectivity index (χ2n) is 6.09. The number of morpholine rings is 1. The number of thioether (sulfide) groups is 1. The van der Waals surface area contributed by atoms with Crippen molar-refractivity contribution in [3.05, 3.63) is 17.5 Å². The molecule has 0 saturated carbocycles. The topological polar surface area (TPSA) is 84.7 Å². The van der Waals surface area contributed by atoms with Crippen LogP contribution in [0.15, 0.2) is 11.2 Å². The maximum Gasteiger partial charge on any atom is 0.253 e. The minimum atomic E-state index is 0.00620. The normalized spacial score (nSPS) is 15.6. The molecular formula is C16H24N6O2S. The molecule has 3 heterocycles. The molecule has 136 valence electrons. The second kappa shape index (κ2) is 8.59. The lowest BCUT2D eigenvalue weighted by Gasteiger charge is -2.26. The lowest BCUT2D eigenvalue weighted by Crippen LogP contribution is -2.38. The van der Waals surface area contributed by atoms with Crippen molar-refractivity contribution in [2.75, 3.05) is 45.1 Å². The third kappa shape index (κ3) is 5.13. The average Bonchev–Trinajstić information content (AvgIpc) is 3.01. The lowest BCUT2D eigenvalue weighted by atomic mass is 10.3. The van der Waals surface area contributed by atoms with E-state index in [4.69, 9.17) is 4.74 Å². The van der Waals surface area contributed by atoms with Crippen molar-refractivity contribution in [1.82, 2.24) is 29.8 Å². The summed E-state index contributed by atoms with van der Waals surface area (Å²) in [7, 11) is 0. The highest BCUT2D eigenvalue weighted by molar-refractivity contribution is 7.99. The van der Waals surface area contributed by atoms with Gasteiger partial charge in [0.05, 0.1) is 19.0 Å². The number of nitrogens with zero attached hydrogens (tertiary/aromatic N) is 5. The van der Waals surface area contributed by atoms with Crippen LogP contribution in [0.25, 0.3) is 5.78 Å². The molecule has 1 fully saturated rings. The molecule has 0 aliphatic carbocycles. The number of nitrogens with one attached hydrogen (secondary N) is 1. The number of hydrogen-bond donors (Lipinski definition) is 1. The minimum Gasteiger partial charge on any atom is -0.379 e. The summed E-state index contributed by atoms with van der Waals surface area (Å²) >= 11 is 1.33. The first-order chi connectivity index (χ1) is 12.1. The fourth-order valence-corrected chi connectivity index (χ4v) is 3.39. The van der Waals surface area contributed by atoms with Gasteiger partial charge in [-0.3, -0.25) is 9.69 Å². The van der Waals surface area contributed by atoms with E-state index in [0.29, 0.717) is 23.2 Å². The van der Waals surface area contributed by atoms with E-state index in [1.807, 2.05) is 19.9 Å². The van der Waals surface area contributed by atoms with Gasteiger partial charge in [-0.25, -0.2) is 9.50 Å². The Morgan fingerprint density at radius 2 is 2.12 bits per heavy atom. The Hall–Kier alpha value is -1.71. The zero-order chi connectivity index (χ0) is 17.6. The molecule has 0 spiro atoms. The van der Waals surface area contributed by atoms with E-state index in [9.17, 15) is 4.79 Å². The van der Waals surface area contributed by atoms with Crippen LogP contribution in [0.5, 0.6) is 0 Å². The van der Waals surface area contributed by atoms with Crippen molar-refractivity contribution in [2.24, 2.45) is 0 Å². The summed E-state index contributed by atoms with van der Waals surface area (Å²) in [5, 5.41) is 7.92. The Balaban J connectivity index is 1.39. The van der Waals surface area contributed by atoms with Gasteiger partial charge >= 0.3 is 0 Å². The van der Waals surface area contributed by atoms with Crippen LogP contribution in [0.1, 0.15) is 17.8 Å². The Labute approximate surface area is 151 Å². The summed E-state index contributed by atoms with van der Waals surface area (Å²) in [6.45, 7) is 9.16. The maximum absolute atomic E-state index is 12.0. The third-order valence-electron chi connectivity index (χ3n) is 4.01. The van der Waals surface area contributed by atoms with E-state index in [0.717, 1.165) is 50.7 Å². The van der Waals surface area contributed by atoms with Crippen molar-refractivity contribution in [3.63, 3.8) is 0 Å². The summed E-state index contributed by atoms with van der Waals surface area (Å²) < 4.78 is 7.03. The zero-order valence-electron chi connectivity index (χ0n) is 14.7. The van der Waals surface area contributed by atoms with Gasteiger partial charge in [-0.05, 0) is 32.9 Å². The van der Waals surface area contributed by atoms with Crippen molar-refractivity contribution >= 4 is 23.4 Å². The lowest BCUT2D eigenvalue weighted by molar-refractivity contribution is -0.118. The summed E-state index contributed by atoms with van der Waals surface area (Å²) in [5.41, 5.74) is 1.89. The predicted octanol–water partition coefficient (Wildman–Crippen LogP) is 0.672. The molecule has 0 radical (unpaired) electrons. The molecule has 0 unspecified atom stereocenters. The number of carbonyl (C=O) groups excluding carboxylic acids is 1. The van der Waals surface area contributed by atoms with Gasteiger partial charge in [-0.2, -0.15) is 4.98 Å². The molecule has 8 nitrogen and oxygen atoms in total. The van der Waals surface area contributed by atoms with Gasteiger partial charge in [0.25, 0.3) is 5.78 Å². The quantitative estimate of drug-likeness (QED) is 0.571. The van der Waals surface area contributed by atoms with E-state index in [2.05, 4.69) is 25.3 Å². The van der Waals surface area contributed by atoms with Gasteiger partial charge in [0, 0.05) is 31.0 Å². The van der Waals surface area contributed by atoms with Crippen LogP contribution in [-0.4, -0.2) is 75.5 Å². The second-order valence-corrected chi connectivity index (χ2v) is 7.03. The van der Waals surface area contributed by atoms with Crippen molar-refractivity contribution in [3.8, 4) is 0 Å². The first-order valence-corrected chi connectivity index (χ1v) is 9.51. The van der Waals surface area contributed by atoms with Crippen LogP contribution in [0.3, 0.4) is 0 Å². The number of rotatable bonds is 7. The van der Waals surface area contributed by atoms with Gasteiger partial charge in [0.1, 0.15) is 0 Å². The van der Waals surface area contributed by atoms with Crippen LogP contribution < -0.4 is 5.32 Å². The smallest absolute Gasteiger partial charge is 0.253 e. The summed E-state index contributed by atoms with van der Waals surface area (Å²) in [6.07, 6.45) is 0.950. The molecule has 1 amide bonds. The average molecular weight is 364 g/mol. The van der Waals surface area contributed by atoms with Crippen LogP contribution in [0.4, 0.5) is 0 Å². The molecule has 2 aromatic heterocycles. The van der Waals surface area contributed by atoms with Gasteiger partial charge in [0.15, 0.2) is 0 Å². The van der Waals surface area contributed by atoms with E-state index in [1.54, 1.807) is 4.52 Å². The first kappa shape index (κ1) is 18.1. The molecule has 0 atom stereocenters. The molecule has 1 aliphatic heterocycles. The number of amides is 1. The molecule has 0 bridgehead atoms. The first-order valence-electron chi connectivity index (χ1n) is 8.52. The fourth-order valence-electron chi connectivity index (χ4n) is 2.75. The van der Waals surface area contributed by atoms with E-state index in [-0.39, 0.29) is 5.91 Å². The van der Waals surface area contributed by atoms with Crippen LogP contribution in [0.2, 0.25) is 0 Å². The molecule has 1 N–H and O–H groups in total. The number of hydrogen-bond acceptors (Lipinski definition) is 7. The Kier molecular flexibility index (Phi) is 6.22. The molecule has 25 heavy (non-hydrogen) atoms. The number of carbonyl (C=O) groups is 1. The number of ether oxygens (including phenoxy) is 1. The summed E-state index contributed by atoms with van der Waals surface area (Å²) in [4.78, 5) is 23.0. The summed E-state index contributed by atoms with van der Waals surface area (Å²) in [6, 6.07) is 1.96. The highest BCUT2D eigenvalue weighted by atomic mass is 32.2. The Morgan fingerprint density at radius 3 is 2.92 bits per heavy atom. The molecular weight excluding hydrogens is 340 g/mol. The van der Waals surface area contributed by atoms with Crippen LogP contribution >= 0.6 is 11.8 Å². The zero-order valence-corrected chi connectivity index (χ0v) is 15.5. The highest BCUT2D eigenvalue weighted by Gasteiger charge is 2.11. The van der Waals surface area contributed by atoms with Crippen molar-refractivity contribution < 1.29 is 9.53 Å². The predicted molar refractivity (Wildman–Crippen MR) is 95.9 cm³/mol. The van der Waals surface area contributed by atoms with Crippen LogP contribution in [-0.2, 0) is 9.53 Å². The summed E-state index contributed by atoms with van der Waals surface area (Å²) in [5.74, 6) is 0.893. The van der Waals surface area contributed by atoms with Gasteiger partial charge < -0.3 is 10.1 Å². The molecule has 3 rings (SSSR count). The largest absolute Gasteiger partial charge is 0.379 e. The van der Waals surface area contributed by atoms with E-state index < -0.39 is 0 Å². The van der Waals surface area contributed by atoms with Crippen LogP contribution in [0, 0.1) is 13.8 Å². The van der Waals surface area contributed by atoms with Gasteiger partial charge in [-0.1, -0.05) is 11.8 Å². The number of fused-ring (bicyclic) bond motifs is 1. The van der Waals surface area contributed by atoms with E-state index in [1.165, 1.54) is 11.8 Å². The minimum absolute atomic E-state index is 0.00620. The maximum atomic E-state index is 12.0. The number of aromatic nitrogens is 4. The van der Waals surface area contributed by atoms with Gasteiger partial charge in [0.2, 0.25) is 11.1 Å². The van der Waals surface area contributed by atoms with E-state index >= 15 is 0 Å². The highest BCUT2D eigenvalue weighted by Crippen LogP contribution is 2.14. The SMILES string of the molecule is Cc1cc(C)n2nc(SCC(=O)NCCCN3CCOCC3)nc2n1. The Bertz CT molecular complexity index is 729. The molecule has 1 saturated heterocycles. The molecule has 2 aromatic rings. The molecule has 0 aromatic carbocycles. The standard InChI is InChI=1S/C16H24N6O2S/c1-12-10-13(2)22-15(18-12)19-16(20-22)25-11-14(23)17-4-3-5-21-6-8-24-9-7-21/h10H,3-9,11H2,1-2H3,(H,17,23). The van der Waals surface area contributed by atoms with Crippen molar-refractivity contribution in [2.45, 2.75) is 25.4 Å². The number of aryl methyl sites for hydroxylation is 2. The third-order valence-corrected chi connectivity index (χ3v) is 4.85. The monoisotopic (exact) mass is 364 g/mol. The fraction of sp³-hybridized carbons (Fsp3) is 0.625. The molecule has 9 heteroatoms. The Morgan fingerprint density at radius 1 is 1.32 bits per heavy atom. The van der Waals surface area contributed by atoms with Gasteiger partial charge in [-0.15, -0.1) is 5.10 Å². The molecule has 1 aliphatic rings.